The minimum absolute atomic E-state index is 0.0455. The van der Waals surface area contributed by atoms with Crippen LogP contribution in [0.25, 0.3) is 10.9 Å². The lowest BCUT2D eigenvalue weighted by atomic mass is 10.2. The standard InChI is InChI=1S/C16H14ClN3O2S/c1-19(8-12-3-2-6-23-12)15(21)9-20-10-18-14-5-4-11(17)7-13(14)16(20)22/h2-7,10H,8-9H2,1H3. The van der Waals surface area contributed by atoms with Crippen LogP contribution in [0.5, 0.6) is 0 Å². The molecule has 0 N–H and O–H groups in total. The van der Waals surface area contributed by atoms with Crippen molar-refractivity contribution in [1.29, 1.82) is 0 Å². The zero-order valence-electron chi connectivity index (χ0n) is 12.4. The third-order valence-corrected chi connectivity index (χ3v) is 4.59. The molecule has 3 aromatic rings. The first-order valence-electron chi connectivity index (χ1n) is 6.95. The monoisotopic (exact) mass is 347 g/mol. The zero-order chi connectivity index (χ0) is 16.4. The largest absolute Gasteiger partial charge is 0.339 e. The van der Waals surface area contributed by atoms with E-state index in [1.54, 1.807) is 41.5 Å². The molecule has 0 atom stereocenters. The van der Waals surface area contributed by atoms with Gasteiger partial charge in [0.2, 0.25) is 5.91 Å². The zero-order valence-corrected chi connectivity index (χ0v) is 14.0. The van der Waals surface area contributed by atoms with Crippen LogP contribution in [0.1, 0.15) is 4.88 Å². The predicted molar refractivity (Wildman–Crippen MR) is 91.8 cm³/mol. The molecule has 2 heterocycles. The van der Waals surface area contributed by atoms with Crippen molar-refractivity contribution in [3.05, 3.63) is 62.3 Å². The van der Waals surface area contributed by atoms with Crippen LogP contribution >= 0.6 is 22.9 Å². The van der Waals surface area contributed by atoms with Gasteiger partial charge in [0.1, 0.15) is 6.54 Å². The molecule has 5 nitrogen and oxygen atoms in total. The Labute approximate surface area is 141 Å². The Kier molecular flexibility index (Phi) is 4.45. The molecule has 0 bridgehead atoms. The van der Waals surface area contributed by atoms with Crippen LogP contribution < -0.4 is 5.56 Å². The van der Waals surface area contributed by atoms with E-state index in [2.05, 4.69) is 4.98 Å². The third-order valence-electron chi connectivity index (χ3n) is 3.49. The number of rotatable bonds is 4. The average molecular weight is 348 g/mol. The molecule has 3 rings (SSSR count). The Morgan fingerprint density at radius 3 is 2.96 bits per heavy atom. The van der Waals surface area contributed by atoms with Crippen LogP contribution in [0.2, 0.25) is 5.02 Å². The summed E-state index contributed by atoms with van der Waals surface area (Å²) >= 11 is 7.52. The van der Waals surface area contributed by atoms with Gasteiger partial charge in [0.15, 0.2) is 0 Å². The van der Waals surface area contributed by atoms with Gasteiger partial charge in [-0.3, -0.25) is 14.2 Å². The van der Waals surface area contributed by atoms with Gasteiger partial charge in [0.25, 0.3) is 5.56 Å². The molecule has 1 aromatic carbocycles. The fourth-order valence-corrected chi connectivity index (χ4v) is 3.16. The van der Waals surface area contributed by atoms with E-state index in [-0.39, 0.29) is 18.0 Å². The van der Waals surface area contributed by atoms with Gasteiger partial charge in [-0.05, 0) is 29.6 Å². The van der Waals surface area contributed by atoms with E-state index in [1.807, 2.05) is 17.5 Å². The molecule has 118 valence electrons. The summed E-state index contributed by atoms with van der Waals surface area (Å²) in [5.74, 6) is -0.149. The van der Waals surface area contributed by atoms with Crippen LogP contribution in [0, 0.1) is 0 Å². The van der Waals surface area contributed by atoms with Gasteiger partial charge in [-0.1, -0.05) is 17.7 Å². The molecule has 0 saturated carbocycles. The lowest BCUT2D eigenvalue weighted by molar-refractivity contribution is -0.131. The summed E-state index contributed by atoms with van der Waals surface area (Å²) in [6.07, 6.45) is 1.40. The van der Waals surface area contributed by atoms with E-state index in [1.165, 1.54) is 10.9 Å². The van der Waals surface area contributed by atoms with Crippen molar-refractivity contribution in [3.8, 4) is 0 Å². The molecule has 0 aliphatic rings. The number of benzene rings is 1. The van der Waals surface area contributed by atoms with E-state index < -0.39 is 0 Å². The molecular weight excluding hydrogens is 334 g/mol. The number of hydrogen-bond donors (Lipinski definition) is 0. The molecule has 0 unspecified atom stereocenters. The quantitative estimate of drug-likeness (QED) is 0.729. The minimum atomic E-state index is -0.268. The van der Waals surface area contributed by atoms with Crippen LogP contribution in [0.3, 0.4) is 0 Å². The Morgan fingerprint density at radius 1 is 1.39 bits per heavy atom. The van der Waals surface area contributed by atoms with Crippen molar-refractivity contribution in [2.45, 2.75) is 13.1 Å². The van der Waals surface area contributed by atoms with Gasteiger partial charge in [0, 0.05) is 16.9 Å². The third kappa shape index (κ3) is 3.43. The normalized spacial score (nSPS) is 10.9. The number of nitrogens with zero attached hydrogens (tertiary/aromatic N) is 3. The molecular formula is C16H14ClN3O2S. The average Bonchev–Trinajstić information content (AvgIpc) is 3.03. The number of aromatic nitrogens is 2. The number of carbonyl (C=O) groups is 1. The smallest absolute Gasteiger partial charge is 0.261 e. The number of fused-ring (bicyclic) bond motifs is 1. The van der Waals surface area contributed by atoms with E-state index in [9.17, 15) is 9.59 Å². The van der Waals surface area contributed by atoms with Crippen LogP contribution in [-0.4, -0.2) is 27.4 Å². The topological polar surface area (TPSA) is 55.2 Å². The van der Waals surface area contributed by atoms with Crippen molar-refractivity contribution in [3.63, 3.8) is 0 Å². The Bertz CT molecular complexity index is 905. The molecule has 0 aliphatic carbocycles. The van der Waals surface area contributed by atoms with E-state index in [4.69, 9.17) is 11.6 Å². The molecule has 0 fully saturated rings. The number of hydrogen-bond acceptors (Lipinski definition) is 4. The van der Waals surface area contributed by atoms with Gasteiger partial charge in [0.05, 0.1) is 23.8 Å². The summed E-state index contributed by atoms with van der Waals surface area (Å²) in [6, 6.07) is 8.86. The fraction of sp³-hybridized carbons (Fsp3) is 0.188. The first kappa shape index (κ1) is 15.7. The molecule has 0 spiro atoms. The Morgan fingerprint density at radius 2 is 2.22 bits per heavy atom. The molecule has 1 amide bonds. The first-order valence-corrected chi connectivity index (χ1v) is 8.21. The van der Waals surface area contributed by atoms with Crippen LogP contribution in [-0.2, 0) is 17.9 Å². The molecule has 0 radical (unpaired) electrons. The Balaban J connectivity index is 1.82. The van der Waals surface area contributed by atoms with E-state index >= 15 is 0 Å². The highest BCUT2D eigenvalue weighted by Gasteiger charge is 2.13. The number of amides is 1. The van der Waals surface area contributed by atoms with Crippen molar-refractivity contribution in [1.82, 2.24) is 14.5 Å². The van der Waals surface area contributed by atoms with E-state index in [0.29, 0.717) is 22.5 Å². The summed E-state index contributed by atoms with van der Waals surface area (Å²) in [4.78, 5) is 31.7. The number of halogens is 1. The summed E-state index contributed by atoms with van der Waals surface area (Å²) in [5.41, 5.74) is 0.297. The highest BCUT2D eigenvalue weighted by Crippen LogP contribution is 2.14. The summed E-state index contributed by atoms with van der Waals surface area (Å²) in [6.45, 7) is 0.480. The van der Waals surface area contributed by atoms with Crippen molar-refractivity contribution in [2.75, 3.05) is 7.05 Å². The van der Waals surface area contributed by atoms with Crippen LogP contribution in [0.4, 0.5) is 0 Å². The second kappa shape index (κ2) is 6.52. The lowest BCUT2D eigenvalue weighted by Crippen LogP contribution is -2.33. The SMILES string of the molecule is CN(Cc1cccs1)C(=O)Cn1cnc2ccc(Cl)cc2c1=O. The maximum atomic E-state index is 12.5. The number of likely N-dealkylation sites (N-methyl/N-ethyl adjacent to an activating group) is 1. The van der Waals surface area contributed by atoms with Crippen molar-refractivity contribution < 1.29 is 4.79 Å². The van der Waals surface area contributed by atoms with Gasteiger partial charge < -0.3 is 4.90 Å². The fourth-order valence-electron chi connectivity index (χ4n) is 2.23. The van der Waals surface area contributed by atoms with Gasteiger partial charge in [-0.2, -0.15) is 0 Å². The lowest BCUT2D eigenvalue weighted by Gasteiger charge is -2.17. The first-order chi connectivity index (χ1) is 11.0. The van der Waals surface area contributed by atoms with Crippen LogP contribution in [0.15, 0.2) is 46.8 Å². The summed E-state index contributed by atoms with van der Waals surface area (Å²) < 4.78 is 1.31. The maximum absolute atomic E-state index is 12.5. The molecule has 2 aromatic heterocycles. The summed E-state index contributed by atoms with van der Waals surface area (Å²) in [7, 11) is 1.72. The second-order valence-corrected chi connectivity index (χ2v) is 6.64. The second-order valence-electron chi connectivity index (χ2n) is 5.17. The van der Waals surface area contributed by atoms with Crippen molar-refractivity contribution in [2.24, 2.45) is 0 Å². The van der Waals surface area contributed by atoms with E-state index in [0.717, 1.165) is 4.88 Å². The minimum Gasteiger partial charge on any atom is -0.339 e. The van der Waals surface area contributed by atoms with Crippen molar-refractivity contribution >= 4 is 39.7 Å². The number of carbonyl (C=O) groups excluding carboxylic acids is 1. The molecule has 0 saturated heterocycles. The van der Waals surface area contributed by atoms with Gasteiger partial charge in [-0.15, -0.1) is 11.3 Å². The van der Waals surface area contributed by atoms with Gasteiger partial charge in [-0.25, -0.2) is 4.98 Å². The predicted octanol–water partition coefficient (Wildman–Crippen LogP) is 2.77. The maximum Gasteiger partial charge on any atom is 0.261 e. The van der Waals surface area contributed by atoms with Gasteiger partial charge >= 0.3 is 0 Å². The highest BCUT2D eigenvalue weighted by molar-refractivity contribution is 7.09. The molecule has 7 heteroatoms. The molecule has 23 heavy (non-hydrogen) atoms. The summed E-state index contributed by atoms with van der Waals surface area (Å²) in [5, 5.41) is 2.85. The Hall–Kier alpha value is -2.18. The highest BCUT2D eigenvalue weighted by atomic mass is 35.5. The number of thiophene rings is 1. The molecule has 0 aliphatic heterocycles.